The molecule has 3 aromatic heterocycles. The Bertz CT molecular complexity index is 2870. The fourth-order valence-electron chi connectivity index (χ4n) is 8.30. The average Bonchev–Trinajstić information content (AvgIpc) is 4.19. The van der Waals surface area contributed by atoms with Crippen molar-refractivity contribution >= 4 is 66.8 Å². The highest BCUT2D eigenvalue weighted by Crippen LogP contribution is 2.48. The molecular formula is C60H42N2S3. The summed E-state index contributed by atoms with van der Waals surface area (Å²) in [5, 5.41) is 2.33. The Kier molecular flexibility index (Phi) is 11.3. The highest BCUT2D eigenvalue weighted by Gasteiger charge is 2.20. The standard InChI is InChI=1S/C60H42N2S3/c1-5-13-43(14-6-1)47-21-29-51(30-22-47)61(52-31-23-48(24-32-52)44-15-7-2-8-16-44)59-41-39-57(64-59)55-37-38-56(63-55)58-40-42-60(65-58)62(53-33-25-49(26-34-53)45-17-9-3-10-18-45)54-35-27-50(28-36-54)46-19-11-4-12-20-46/h1-42H. The van der Waals surface area contributed by atoms with Crippen molar-refractivity contribution in [3.63, 3.8) is 0 Å². The molecule has 3 heterocycles. The van der Waals surface area contributed by atoms with Crippen molar-refractivity contribution in [2.24, 2.45) is 0 Å². The van der Waals surface area contributed by atoms with Gasteiger partial charge in [0.2, 0.25) is 0 Å². The van der Waals surface area contributed by atoms with Crippen LogP contribution in [0.4, 0.5) is 32.8 Å². The average molecular weight is 887 g/mol. The third-order valence-corrected chi connectivity index (χ3v) is 15.3. The Morgan fingerprint density at radius 2 is 0.400 bits per heavy atom. The van der Waals surface area contributed by atoms with E-state index in [1.54, 1.807) is 0 Å². The van der Waals surface area contributed by atoms with E-state index in [0.29, 0.717) is 0 Å². The number of hydrogen-bond donors (Lipinski definition) is 0. The third-order valence-electron chi connectivity index (χ3n) is 11.6. The van der Waals surface area contributed by atoms with Gasteiger partial charge in [-0.1, -0.05) is 170 Å². The number of anilines is 6. The summed E-state index contributed by atoms with van der Waals surface area (Å²) >= 11 is 5.51. The molecule has 0 radical (unpaired) electrons. The van der Waals surface area contributed by atoms with Crippen LogP contribution in [-0.4, -0.2) is 0 Å². The van der Waals surface area contributed by atoms with Crippen LogP contribution < -0.4 is 9.80 Å². The van der Waals surface area contributed by atoms with Crippen molar-refractivity contribution in [1.29, 1.82) is 0 Å². The Morgan fingerprint density at radius 1 is 0.185 bits per heavy atom. The minimum atomic E-state index is 1.12. The van der Waals surface area contributed by atoms with Crippen LogP contribution >= 0.6 is 34.0 Å². The van der Waals surface area contributed by atoms with Gasteiger partial charge in [0.1, 0.15) is 10.0 Å². The second-order valence-corrected chi connectivity index (χ2v) is 19.0. The van der Waals surface area contributed by atoms with Crippen LogP contribution in [0.3, 0.4) is 0 Å². The molecule has 0 bridgehead atoms. The maximum absolute atomic E-state index is 2.38. The van der Waals surface area contributed by atoms with Gasteiger partial charge in [0, 0.05) is 42.3 Å². The summed E-state index contributed by atoms with van der Waals surface area (Å²) in [4.78, 5) is 9.78. The number of rotatable bonds is 12. The fourth-order valence-corrected chi connectivity index (χ4v) is 11.6. The molecule has 0 spiro atoms. The van der Waals surface area contributed by atoms with E-state index in [4.69, 9.17) is 0 Å². The van der Waals surface area contributed by atoms with Crippen LogP contribution in [0.1, 0.15) is 0 Å². The first-order valence-corrected chi connectivity index (χ1v) is 24.2. The Morgan fingerprint density at radius 3 is 0.662 bits per heavy atom. The largest absolute Gasteiger partial charge is 0.302 e. The molecule has 11 aromatic rings. The minimum Gasteiger partial charge on any atom is -0.302 e. The highest BCUT2D eigenvalue weighted by atomic mass is 32.1. The molecule has 0 aliphatic carbocycles. The predicted octanol–water partition coefficient (Wildman–Crippen LogP) is 18.8. The van der Waals surface area contributed by atoms with Gasteiger partial charge in [0.05, 0.1) is 0 Å². The number of thiophene rings is 3. The monoisotopic (exact) mass is 886 g/mol. The zero-order valence-corrected chi connectivity index (χ0v) is 37.8. The van der Waals surface area contributed by atoms with Gasteiger partial charge in [0.25, 0.3) is 0 Å². The zero-order chi connectivity index (χ0) is 43.4. The Labute approximate surface area is 392 Å². The molecule has 0 amide bonds. The first-order valence-electron chi connectivity index (χ1n) is 21.7. The van der Waals surface area contributed by atoms with E-state index in [1.807, 2.05) is 34.0 Å². The molecule has 0 saturated carbocycles. The molecule has 0 aliphatic heterocycles. The van der Waals surface area contributed by atoms with Gasteiger partial charge in [-0.15, -0.1) is 34.0 Å². The highest BCUT2D eigenvalue weighted by molar-refractivity contribution is 7.28. The Hall–Kier alpha value is -7.54. The van der Waals surface area contributed by atoms with E-state index < -0.39 is 0 Å². The van der Waals surface area contributed by atoms with Crippen LogP contribution in [0.2, 0.25) is 0 Å². The molecular weight excluding hydrogens is 845 g/mol. The molecule has 8 aromatic carbocycles. The van der Waals surface area contributed by atoms with Crippen molar-refractivity contribution in [2.75, 3.05) is 9.80 Å². The summed E-state index contributed by atoms with van der Waals surface area (Å²) in [5.74, 6) is 0. The van der Waals surface area contributed by atoms with Gasteiger partial charge in [-0.3, -0.25) is 0 Å². The van der Waals surface area contributed by atoms with Gasteiger partial charge in [-0.25, -0.2) is 0 Å². The summed E-state index contributed by atoms with van der Waals surface area (Å²) in [6, 6.07) is 91.7. The summed E-state index contributed by atoms with van der Waals surface area (Å²) in [7, 11) is 0. The van der Waals surface area contributed by atoms with Gasteiger partial charge in [-0.2, -0.15) is 0 Å². The van der Waals surface area contributed by atoms with Gasteiger partial charge in [-0.05, 0) is 129 Å². The minimum absolute atomic E-state index is 1.12. The second-order valence-electron chi connectivity index (χ2n) is 15.8. The lowest BCUT2D eigenvalue weighted by Crippen LogP contribution is -2.08. The van der Waals surface area contributed by atoms with Crippen molar-refractivity contribution in [2.45, 2.75) is 0 Å². The summed E-state index contributed by atoms with van der Waals surface area (Å²) in [6.07, 6.45) is 0. The fraction of sp³-hybridized carbons (Fsp3) is 0. The van der Waals surface area contributed by atoms with Crippen LogP contribution in [0.15, 0.2) is 255 Å². The third kappa shape index (κ3) is 8.61. The predicted molar refractivity (Wildman–Crippen MR) is 282 cm³/mol. The quantitative estimate of drug-likeness (QED) is 0.121. The van der Waals surface area contributed by atoms with Gasteiger partial charge in [0.15, 0.2) is 0 Å². The second kappa shape index (κ2) is 18.3. The lowest BCUT2D eigenvalue weighted by atomic mass is 10.0. The van der Waals surface area contributed by atoms with Crippen molar-refractivity contribution in [3.05, 3.63) is 255 Å². The van der Waals surface area contributed by atoms with Crippen molar-refractivity contribution in [3.8, 4) is 64.0 Å². The first-order chi connectivity index (χ1) is 32.2. The van der Waals surface area contributed by atoms with E-state index in [1.165, 1.54) is 74.0 Å². The normalized spacial score (nSPS) is 11.1. The van der Waals surface area contributed by atoms with Crippen molar-refractivity contribution in [1.82, 2.24) is 0 Å². The van der Waals surface area contributed by atoms with Gasteiger partial charge < -0.3 is 9.80 Å². The molecule has 310 valence electrons. The van der Waals surface area contributed by atoms with E-state index in [2.05, 4.69) is 265 Å². The summed E-state index contributed by atoms with van der Waals surface area (Å²) in [6.45, 7) is 0. The molecule has 0 unspecified atom stereocenters. The number of benzene rings is 8. The molecule has 5 heteroatoms. The molecule has 0 fully saturated rings. The lowest BCUT2D eigenvalue weighted by molar-refractivity contribution is 1.32. The zero-order valence-electron chi connectivity index (χ0n) is 35.4. The molecule has 2 nitrogen and oxygen atoms in total. The van der Waals surface area contributed by atoms with Crippen LogP contribution in [-0.2, 0) is 0 Å². The van der Waals surface area contributed by atoms with Crippen LogP contribution in [0.5, 0.6) is 0 Å². The summed E-state index contributed by atoms with van der Waals surface area (Å²) in [5.41, 5.74) is 14.2. The lowest BCUT2D eigenvalue weighted by Gasteiger charge is -2.24. The molecule has 65 heavy (non-hydrogen) atoms. The maximum atomic E-state index is 2.38. The van der Waals surface area contributed by atoms with E-state index in [9.17, 15) is 0 Å². The SMILES string of the molecule is c1ccc(-c2ccc(N(c3ccc(-c4ccccc4)cc3)c3ccc(-c4ccc(-c5ccc(N(c6ccc(-c7ccccc7)cc6)c6ccc(-c7ccccc7)cc6)s5)s4)s3)cc2)cc1. The Balaban J connectivity index is 0.899. The van der Waals surface area contributed by atoms with Crippen molar-refractivity contribution < 1.29 is 0 Å². The first kappa shape index (κ1) is 40.2. The number of hydrogen-bond acceptors (Lipinski definition) is 5. The van der Waals surface area contributed by atoms with Gasteiger partial charge >= 0.3 is 0 Å². The van der Waals surface area contributed by atoms with E-state index in [-0.39, 0.29) is 0 Å². The summed E-state index contributed by atoms with van der Waals surface area (Å²) < 4.78 is 0. The number of nitrogens with zero attached hydrogens (tertiary/aromatic N) is 2. The van der Waals surface area contributed by atoms with Crippen LogP contribution in [0, 0.1) is 0 Å². The molecule has 0 saturated heterocycles. The van der Waals surface area contributed by atoms with E-state index in [0.717, 1.165) is 22.7 Å². The molecule has 11 rings (SSSR count). The molecule has 0 atom stereocenters. The van der Waals surface area contributed by atoms with Crippen LogP contribution in [0.25, 0.3) is 64.0 Å². The van der Waals surface area contributed by atoms with E-state index >= 15 is 0 Å². The maximum Gasteiger partial charge on any atom is 0.101 e. The topological polar surface area (TPSA) is 6.48 Å². The molecule has 0 aliphatic rings. The molecule has 0 N–H and O–H groups in total. The smallest absolute Gasteiger partial charge is 0.101 e.